The normalized spacial score (nSPS) is 14.5. The maximum Gasteiger partial charge on any atom is 0.306 e. The summed E-state index contributed by atoms with van der Waals surface area (Å²) in [6.07, 6.45) is 47.7. The molecule has 320 valence electrons. The van der Waals surface area contributed by atoms with Crippen molar-refractivity contribution >= 4 is 19.8 Å². The molecule has 0 aliphatic rings. The number of phosphoric ester groups is 1. The molecule has 0 aromatic rings. The van der Waals surface area contributed by atoms with Crippen LogP contribution >= 0.6 is 7.82 Å². The summed E-state index contributed by atoms with van der Waals surface area (Å²) in [5.74, 6) is -0.934. The van der Waals surface area contributed by atoms with E-state index in [9.17, 15) is 19.0 Å². The fourth-order valence-corrected chi connectivity index (χ4v) is 5.93. The molecule has 0 radical (unpaired) electrons. The van der Waals surface area contributed by atoms with Gasteiger partial charge in [0.05, 0.1) is 27.7 Å². The maximum atomic E-state index is 12.6. The second kappa shape index (κ2) is 37.7. The van der Waals surface area contributed by atoms with Crippen LogP contribution < -0.4 is 4.89 Å². The molecule has 2 unspecified atom stereocenters. The van der Waals surface area contributed by atoms with E-state index >= 15 is 0 Å². The monoisotopic (exact) mass is 804 g/mol. The van der Waals surface area contributed by atoms with E-state index in [0.717, 1.165) is 32.1 Å². The number of nitrogens with zero attached hydrogens (tertiary/aromatic N) is 1. The number of allylic oxidation sites excluding steroid dienone is 14. The number of rotatable bonds is 37. The molecule has 2 atom stereocenters. The number of carbonyl (C=O) groups is 2. The SMILES string of the molecule is CC/C=C/C=C/C=C/C=C/C=C/CCCC(=O)OC(COC(=O)CCCCCCCCCCCC/C=C/C=C/CCCCC)COP(=O)([O-])OCC[N+](C)(C)C. The van der Waals surface area contributed by atoms with Crippen LogP contribution in [0.25, 0.3) is 0 Å². The van der Waals surface area contributed by atoms with Crippen LogP contribution in [0.2, 0.25) is 0 Å². The third-order valence-corrected chi connectivity index (χ3v) is 9.52. The van der Waals surface area contributed by atoms with E-state index in [-0.39, 0.29) is 26.1 Å². The Bertz CT molecular complexity index is 1230. The van der Waals surface area contributed by atoms with Gasteiger partial charge >= 0.3 is 11.9 Å². The number of phosphoric acid groups is 1. The molecule has 0 amide bonds. The number of ether oxygens (including phenoxy) is 2. The highest BCUT2D eigenvalue weighted by Crippen LogP contribution is 2.38. The lowest BCUT2D eigenvalue weighted by atomic mass is 10.1. The van der Waals surface area contributed by atoms with Crippen molar-refractivity contribution in [2.45, 2.75) is 148 Å². The standard InChI is InChI=1S/C46H78NO8P/c1-6-8-10-12-14-16-18-20-21-22-23-24-25-27-28-30-32-34-36-38-45(48)52-42-44(43-54-56(50,51)53-41-40-47(3,4)5)55-46(49)39-37-35-33-31-29-26-19-17-15-13-11-9-7-2/h9,11,13-20,26,29,31,33,44H,6-8,10,12,21-25,27-28,30,32,34-43H2,1-5H3/b11-9+,15-13+,16-14+,19-17+,20-18+,29-26+,33-31+. The topological polar surface area (TPSA) is 111 Å². The predicted octanol–water partition coefficient (Wildman–Crippen LogP) is 11.4. The van der Waals surface area contributed by atoms with Gasteiger partial charge in [-0.15, -0.1) is 0 Å². The summed E-state index contributed by atoms with van der Waals surface area (Å²) in [6, 6.07) is 0. The summed E-state index contributed by atoms with van der Waals surface area (Å²) in [5.41, 5.74) is 0. The van der Waals surface area contributed by atoms with Crippen molar-refractivity contribution in [3.63, 3.8) is 0 Å². The molecule has 0 saturated heterocycles. The summed E-state index contributed by atoms with van der Waals surface area (Å²) >= 11 is 0. The number of hydrogen-bond donors (Lipinski definition) is 0. The van der Waals surface area contributed by atoms with Crippen molar-refractivity contribution in [1.82, 2.24) is 0 Å². The molecule has 0 rings (SSSR count). The van der Waals surface area contributed by atoms with Crippen molar-refractivity contribution < 1.29 is 42.1 Å². The van der Waals surface area contributed by atoms with E-state index in [1.165, 1.54) is 64.2 Å². The van der Waals surface area contributed by atoms with E-state index in [1.807, 2.05) is 75.8 Å². The molecule has 0 spiro atoms. The zero-order chi connectivity index (χ0) is 41.4. The minimum Gasteiger partial charge on any atom is -0.756 e. The summed E-state index contributed by atoms with van der Waals surface area (Å²) in [4.78, 5) is 37.4. The van der Waals surface area contributed by atoms with E-state index < -0.39 is 32.5 Å². The van der Waals surface area contributed by atoms with E-state index in [2.05, 4.69) is 44.2 Å². The number of carbonyl (C=O) groups excluding carboxylic acids is 2. The minimum atomic E-state index is -4.65. The van der Waals surface area contributed by atoms with Gasteiger partial charge in [0.15, 0.2) is 6.10 Å². The van der Waals surface area contributed by atoms with Crippen LogP contribution in [0.4, 0.5) is 0 Å². The van der Waals surface area contributed by atoms with Crippen LogP contribution in [0.15, 0.2) is 85.1 Å². The molecule has 0 aromatic carbocycles. The lowest BCUT2D eigenvalue weighted by molar-refractivity contribution is -0.870. The Hall–Kier alpha value is -2.81. The first-order valence-electron chi connectivity index (χ1n) is 21.4. The molecule has 0 aromatic heterocycles. The number of esters is 2. The molecule has 9 nitrogen and oxygen atoms in total. The van der Waals surface area contributed by atoms with Gasteiger partial charge in [0.25, 0.3) is 7.82 Å². The van der Waals surface area contributed by atoms with Gasteiger partial charge in [-0.2, -0.15) is 0 Å². The van der Waals surface area contributed by atoms with Crippen LogP contribution in [0.1, 0.15) is 142 Å². The Morgan fingerprint density at radius 2 is 1.04 bits per heavy atom. The van der Waals surface area contributed by atoms with Crippen molar-refractivity contribution in [3.8, 4) is 0 Å². The van der Waals surface area contributed by atoms with E-state index in [1.54, 1.807) is 0 Å². The first kappa shape index (κ1) is 53.2. The third kappa shape index (κ3) is 40.8. The van der Waals surface area contributed by atoms with Crippen LogP contribution in [-0.2, 0) is 32.7 Å². The average Bonchev–Trinajstić information content (AvgIpc) is 3.15. The Morgan fingerprint density at radius 3 is 1.59 bits per heavy atom. The molecule has 0 fully saturated rings. The maximum absolute atomic E-state index is 12.6. The largest absolute Gasteiger partial charge is 0.756 e. The highest BCUT2D eigenvalue weighted by Gasteiger charge is 2.21. The van der Waals surface area contributed by atoms with Crippen LogP contribution in [0.5, 0.6) is 0 Å². The lowest BCUT2D eigenvalue weighted by Gasteiger charge is -2.28. The fourth-order valence-electron chi connectivity index (χ4n) is 5.20. The molecule has 0 N–H and O–H groups in total. The Labute approximate surface area is 341 Å². The second-order valence-corrected chi connectivity index (χ2v) is 16.5. The molecule has 56 heavy (non-hydrogen) atoms. The predicted molar refractivity (Wildman–Crippen MR) is 231 cm³/mol. The quantitative estimate of drug-likeness (QED) is 0.0201. The smallest absolute Gasteiger partial charge is 0.306 e. The van der Waals surface area contributed by atoms with Crippen LogP contribution in [-0.4, -0.2) is 70.0 Å². The third-order valence-electron chi connectivity index (χ3n) is 8.56. The van der Waals surface area contributed by atoms with Gasteiger partial charge in [-0.25, -0.2) is 0 Å². The van der Waals surface area contributed by atoms with Gasteiger partial charge in [-0.05, 0) is 51.4 Å². The van der Waals surface area contributed by atoms with E-state index in [4.69, 9.17) is 18.5 Å². The van der Waals surface area contributed by atoms with Gasteiger partial charge in [-0.3, -0.25) is 14.2 Å². The van der Waals surface area contributed by atoms with Gasteiger partial charge in [0, 0.05) is 12.8 Å². The molecular weight excluding hydrogens is 725 g/mol. The number of hydrogen-bond acceptors (Lipinski definition) is 8. The Morgan fingerprint density at radius 1 is 0.571 bits per heavy atom. The molecule has 0 bridgehead atoms. The van der Waals surface area contributed by atoms with Gasteiger partial charge in [0.2, 0.25) is 0 Å². The highest BCUT2D eigenvalue weighted by atomic mass is 31.2. The van der Waals surface area contributed by atoms with Crippen molar-refractivity contribution in [2.24, 2.45) is 0 Å². The second-order valence-electron chi connectivity index (χ2n) is 15.1. The number of quaternary nitrogens is 1. The minimum absolute atomic E-state index is 0.0494. The van der Waals surface area contributed by atoms with Crippen molar-refractivity contribution in [1.29, 1.82) is 0 Å². The van der Waals surface area contributed by atoms with Crippen molar-refractivity contribution in [3.05, 3.63) is 85.1 Å². The average molecular weight is 804 g/mol. The van der Waals surface area contributed by atoms with Crippen molar-refractivity contribution in [2.75, 3.05) is 47.5 Å². The fraction of sp³-hybridized carbons (Fsp3) is 0.652. The zero-order valence-corrected chi connectivity index (χ0v) is 36.7. The first-order valence-corrected chi connectivity index (χ1v) is 22.8. The first-order chi connectivity index (χ1) is 27.0. The van der Waals surface area contributed by atoms with Crippen LogP contribution in [0.3, 0.4) is 0 Å². The molecule has 10 heteroatoms. The highest BCUT2D eigenvalue weighted by molar-refractivity contribution is 7.45. The van der Waals surface area contributed by atoms with Crippen LogP contribution in [0, 0.1) is 0 Å². The van der Waals surface area contributed by atoms with Gasteiger partial charge in [-0.1, -0.05) is 163 Å². The molecular formula is C46H78NO8P. The zero-order valence-electron chi connectivity index (χ0n) is 35.8. The number of likely N-dealkylation sites (N-methyl/N-ethyl adjacent to an activating group) is 1. The summed E-state index contributed by atoms with van der Waals surface area (Å²) in [7, 11) is 1.10. The molecule has 0 heterocycles. The van der Waals surface area contributed by atoms with Gasteiger partial charge in [0.1, 0.15) is 19.8 Å². The van der Waals surface area contributed by atoms with E-state index in [0.29, 0.717) is 30.3 Å². The lowest BCUT2D eigenvalue weighted by Crippen LogP contribution is -2.37. The summed E-state index contributed by atoms with van der Waals surface area (Å²) < 4.78 is 33.7. The summed E-state index contributed by atoms with van der Waals surface area (Å²) in [6.45, 7) is 3.94. The summed E-state index contributed by atoms with van der Waals surface area (Å²) in [5, 5.41) is 0. The number of unbranched alkanes of at least 4 members (excludes halogenated alkanes) is 14. The Balaban J connectivity index is 4.44. The Kier molecular flexibility index (Phi) is 35.9. The molecule has 0 saturated carbocycles. The van der Waals surface area contributed by atoms with Gasteiger partial charge < -0.3 is 27.9 Å². The molecule has 0 aliphatic carbocycles. The molecule has 0 aliphatic heterocycles.